The number of rotatable bonds is 9. The molecular weight excluding hydrogens is 377 g/mol. The number of carboxylic acids is 1. The van der Waals surface area contributed by atoms with Crippen LogP contribution in [-0.4, -0.2) is 36.7 Å². The second-order valence-electron chi connectivity index (χ2n) is 5.67. The lowest BCUT2D eigenvalue weighted by atomic mass is 10.1. The Labute approximate surface area is 160 Å². The number of benzene rings is 2. The molecule has 0 heterocycles. The Bertz CT molecular complexity index is 797. The zero-order chi connectivity index (χ0) is 19.8. The average Bonchev–Trinajstić information content (AvgIpc) is 2.64. The van der Waals surface area contributed by atoms with Gasteiger partial charge in [0.1, 0.15) is 17.3 Å². The molecule has 0 saturated carbocycles. The number of carboxylic acid groups (broad SMARTS) is 1. The van der Waals surface area contributed by atoms with Gasteiger partial charge in [-0.25, -0.2) is 9.18 Å². The molecule has 6 nitrogen and oxygen atoms in total. The number of halogens is 2. The van der Waals surface area contributed by atoms with Crippen molar-refractivity contribution in [3.8, 4) is 11.5 Å². The fourth-order valence-corrected chi connectivity index (χ4v) is 2.56. The van der Waals surface area contributed by atoms with Crippen LogP contribution in [0.15, 0.2) is 42.5 Å². The first-order valence-corrected chi connectivity index (χ1v) is 8.51. The molecule has 2 aromatic carbocycles. The Kier molecular flexibility index (Phi) is 7.43. The minimum absolute atomic E-state index is 0.158. The molecule has 1 amide bonds. The lowest BCUT2D eigenvalue weighted by Gasteiger charge is -2.16. The van der Waals surface area contributed by atoms with E-state index in [2.05, 4.69) is 5.32 Å². The Hall–Kier alpha value is -2.80. The van der Waals surface area contributed by atoms with Crippen LogP contribution in [0.2, 0.25) is 5.02 Å². The van der Waals surface area contributed by atoms with Crippen molar-refractivity contribution < 1.29 is 28.6 Å². The third-order valence-corrected chi connectivity index (χ3v) is 4.00. The van der Waals surface area contributed by atoms with Gasteiger partial charge in [-0.15, -0.1) is 0 Å². The largest absolute Gasteiger partial charge is 0.495 e. The second kappa shape index (κ2) is 9.78. The van der Waals surface area contributed by atoms with Crippen LogP contribution < -0.4 is 14.8 Å². The molecule has 8 heteroatoms. The Morgan fingerprint density at radius 3 is 2.52 bits per heavy atom. The van der Waals surface area contributed by atoms with Crippen LogP contribution >= 0.6 is 11.6 Å². The van der Waals surface area contributed by atoms with Crippen molar-refractivity contribution >= 4 is 23.5 Å². The van der Waals surface area contributed by atoms with Crippen molar-refractivity contribution in [1.82, 2.24) is 5.32 Å². The van der Waals surface area contributed by atoms with Crippen LogP contribution in [0.4, 0.5) is 4.39 Å². The topological polar surface area (TPSA) is 84.9 Å². The molecule has 0 fully saturated rings. The van der Waals surface area contributed by atoms with Crippen molar-refractivity contribution in [3.63, 3.8) is 0 Å². The average molecular weight is 396 g/mol. The number of ether oxygens (including phenoxy) is 2. The van der Waals surface area contributed by atoms with Crippen molar-refractivity contribution in [3.05, 3.63) is 58.9 Å². The summed E-state index contributed by atoms with van der Waals surface area (Å²) in [6, 6.07) is 10.2. The maximum Gasteiger partial charge on any atom is 0.346 e. The summed E-state index contributed by atoms with van der Waals surface area (Å²) in [4.78, 5) is 23.3. The molecule has 0 saturated heterocycles. The van der Waals surface area contributed by atoms with Gasteiger partial charge in [-0.3, -0.25) is 4.79 Å². The fourth-order valence-electron chi connectivity index (χ4n) is 2.27. The lowest BCUT2D eigenvalue weighted by molar-refractivity contribution is -0.145. The molecule has 0 aliphatic rings. The molecule has 0 radical (unpaired) electrons. The number of aliphatic carboxylic acids is 1. The maximum atomic E-state index is 12.9. The SMILES string of the molecule is COc1ccc(CCC(=O)NCC(Oc2ccc(F)cc2)C(=O)O)cc1Cl. The number of hydrogen-bond donors (Lipinski definition) is 2. The molecule has 0 aliphatic heterocycles. The quantitative estimate of drug-likeness (QED) is 0.681. The number of nitrogens with one attached hydrogen (secondary N) is 1. The predicted octanol–water partition coefficient (Wildman–Crippen LogP) is 3.07. The van der Waals surface area contributed by atoms with Gasteiger partial charge in [-0.05, 0) is 48.4 Å². The normalized spacial score (nSPS) is 11.5. The number of amides is 1. The Morgan fingerprint density at radius 2 is 1.93 bits per heavy atom. The zero-order valence-electron chi connectivity index (χ0n) is 14.6. The monoisotopic (exact) mass is 395 g/mol. The standard InChI is InChI=1S/C19H19ClFNO5/c1-26-16-8-2-12(10-15(16)20)3-9-18(23)22-11-17(19(24)25)27-14-6-4-13(21)5-7-14/h2,4-8,10,17H,3,9,11H2,1H3,(H,22,23)(H,24,25). The second-order valence-corrected chi connectivity index (χ2v) is 6.08. The molecule has 2 rings (SSSR count). The predicted molar refractivity (Wildman–Crippen MR) is 97.8 cm³/mol. The van der Waals surface area contributed by atoms with Gasteiger partial charge < -0.3 is 19.9 Å². The molecule has 27 heavy (non-hydrogen) atoms. The summed E-state index contributed by atoms with van der Waals surface area (Å²) in [6.07, 6.45) is -0.688. The fraction of sp³-hybridized carbons (Fsp3) is 0.263. The summed E-state index contributed by atoms with van der Waals surface area (Å²) >= 11 is 6.04. The maximum absolute atomic E-state index is 12.9. The number of aryl methyl sites for hydroxylation is 1. The molecule has 2 N–H and O–H groups in total. The number of hydrogen-bond acceptors (Lipinski definition) is 4. The number of carbonyl (C=O) groups is 2. The Balaban J connectivity index is 1.83. The van der Waals surface area contributed by atoms with Gasteiger partial charge in [0, 0.05) is 6.42 Å². The summed E-state index contributed by atoms with van der Waals surface area (Å²) in [6.45, 7) is -0.213. The van der Waals surface area contributed by atoms with E-state index in [-0.39, 0.29) is 24.6 Å². The highest BCUT2D eigenvalue weighted by atomic mass is 35.5. The van der Waals surface area contributed by atoms with Crippen LogP contribution in [0.5, 0.6) is 11.5 Å². The van der Waals surface area contributed by atoms with Crippen LogP contribution in [0.25, 0.3) is 0 Å². The van der Waals surface area contributed by atoms with Crippen molar-refractivity contribution in [2.45, 2.75) is 18.9 Å². The van der Waals surface area contributed by atoms with Gasteiger partial charge in [-0.2, -0.15) is 0 Å². The van der Waals surface area contributed by atoms with E-state index in [9.17, 15) is 19.1 Å². The van der Waals surface area contributed by atoms with Crippen LogP contribution in [-0.2, 0) is 16.0 Å². The molecule has 1 atom stereocenters. The lowest BCUT2D eigenvalue weighted by Crippen LogP contribution is -2.40. The third kappa shape index (κ3) is 6.45. The summed E-state index contributed by atoms with van der Waals surface area (Å²) in [5.41, 5.74) is 0.855. The van der Waals surface area contributed by atoms with Gasteiger partial charge in [0.25, 0.3) is 0 Å². The minimum Gasteiger partial charge on any atom is -0.495 e. The van der Waals surface area contributed by atoms with Crippen molar-refractivity contribution in [2.24, 2.45) is 0 Å². The first kappa shape index (κ1) is 20.5. The van der Waals surface area contributed by atoms with Gasteiger partial charge >= 0.3 is 5.97 Å². The molecule has 1 unspecified atom stereocenters. The van der Waals surface area contributed by atoms with Crippen molar-refractivity contribution in [1.29, 1.82) is 0 Å². The number of carbonyl (C=O) groups excluding carboxylic acids is 1. The zero-order valence-corrected chi connectivity index (χ0v) is 15.3. The highest BCUT2D eigenvalue weighted by Gasteiger charge is 2.20. The number of methoxy groups -OCH3 is 1. The van der Waals surface area contributed by atoms with E-state index in [0.717, 1.165) is 17.7 Å². The molecule has 2 aromatic rings. The first-order valence-electron chi connectivity index (χ1n) is 8.13. The summed E-state index contributed by atoms with van der Waals surface area (Å²) in [7, 11) is 1.52. The van der Waals surface area contributed by atoms with Gasteiger partial charge in [0.15, 0.2) is 0 Å². The van der Waals surface area contributed by atoms with E-state index in [1.54, 1.807) is 18.2 Å². The molecular formula is C19H19ClFNO5. The van der Waals surface area contributed by atoms with E-state index in [0.29, 0.717) is 17.2 Å². The molecule has 144 valence electrons. The third-order valence-electron chi connectivity index (χ3n) is 3.71. The van der Waals surface area contributed by atoms with E-state index in [4.69, 9.17) is 21.1 Å². The highest BCUT2D eigenvalue weighted by molar-refractivity contribution is 6.32. The molecule has 0 bridgehead atoms. The summed E-state index contributed by atoms with van der Waals surface area (Å²) in [5.74, 6) is -1.27. The molecule has 0 aliphatic carbocycles. The van der Waals surface area contributed by atoms with E-state index < -0.39 is 17.9 Å². The van der Waals surface area contributed by atoms with Crippen LogP contribution in [0.3, 0.4) is 0 Å². The van der Waals surface area contributed by atoms with Crippen molar-refractivity contribution in [2.75, 3.05) is 13.7 Å². The summed E-state index contributed by atoms with van der Waals surface area (Å²) in [5, 5.41) is 12.2. The molecule has 0 spiro atoms. The van der Waals surface area contributed by atoms with E-state index >= 15 is 0 Å². The van der Waals surface area contributed by atoms with Crippen LogP contribution in [0.1, 0.15) is 12.0 Å². The van der Waals surface area contributed by atoms with E-state index in [1.807, 2.05) is 0 Å². The highest BCUT2D eigenvalue weighted by Crippen LogP contribution is 2.25. The molecule has 0 aromatic heterocycles. The first-order chi connectivity index (χ1) is 12.9. The smallest absolute Gasteiger partial charge is 0.346 e. The summed E-state index contributed by atoms with van der Waals surface area (Å²) < 4.78 is 23.2. The van der Waals surface area contributed by atoms with Gasteiger partial charge in [0.2, 0.25) is 12.0 Å². The van der Waals surface area contributed by atoms with E-state index in [1.165, 1.54) is 19.2 Å². The minimum atomic E-state index is -1.28. The Morgan fingerprint density at radius 1 is 1.22 bits per heavy atom. The van der Waals surface area contributed by atoms with Crippen LogP contribution in [0, 0.1) is 5.82 Å². The van der Waals surface area contributed by atoms with Gasteiger partial charge in [-0.1, -0.05) is 17.7 Å². The van der Waals surface area contributed by atoms with Gasteiger partial charge in [0.05, 0.1) is 18.7 Å².